The van der Waals surface area contributed by atoms with Crippen molar-refractivity contribution >= 4 is 21.4 Å². The number of benzene rings is 2. The van der Waals surface area contributed by atoms with Crippen LogP contribution in [0.2, 0.25) is 0 Å². The second-order valence-corrected chi connectivity index (χ2v) is 7.75. The largest absolute Gasteiger partial charge is 0.315 e. The number of nitrogens with one attached hydrogen (secondary N) is 1. The third-order valence-electron chi connectivity index (χ3n) is 4.85. The standard InChI is InChI=1S/C21H24N2S/c1-16-7-9-17(10-8-16)21(23-13-4-11-22-12-14-23)20-15-18-5-2-3-6-19(18)24-20/h2-3,5-10,15,21-22H,4,11-14H2,1H3. The van der Waals surface area contributed by atoms with E-state index in [1.54, 1.807) is 0 Å². The lowest BCUT2D eigenvalue weighted by Gasteiger charge is -2.30. The van der Waals surface area contributed by atoms with Crippen molar-refractivity contribution in [1.29, 1.82) is 0 Å². The van der Waals surface area contributed by atoms with Gasteiger partial charge in [-0.1, -0.05) is 48.0 Å². The molecule has 2 nitrogen and oxygen atoms in total. The van der Waals surface area contributed by atoms with E-state index in [0.29, 0.717) is 6.04 Å². The number of fused-ring (bicyclic) bond motifs is 1. The Hall–Kier alpha value is -1.68. The SMILES string of the molecule is Cc1ccc(C(c2cc3ccccc3s2)N2CCCNCC2)cc1. The van der Waals surface area contributed by atoms with Gasteiger partial charge in [0.1, 0.15) is 0 Å². The Labute approximate surface area is 148 Å². The van der Waals surface area contributed by atoms with Crippen LogP contribution in [-0.2, 0) is 0 Å². The number of aryl methyl sites for hydroxylation is 1. The number of rotatable bonds is 3. The maximum Gasteiger partial charge on any atom is 0.0696 e. The molecule has 0 aliphatic carbocycles. The maximum atomic E-state index is 3.53. The molecule has 124 valence electrons. The first kappa shape index (κ1) is 15.8. The molecule has 2 heterocycles. The van der Waals surface area contributed by atoms with Crippen LogP contribution in [0.3, 0.4) is 0 Å². The van der Waals surface area contributed by atoms with Gasteiger partial charge in [-0.25, -0.2) is 0 Å². The Morgan fingerprint density at radius 3 is 2.67 bits per heavy atom. The first-order valence-corrected chi connectivity index (χ1v) is 9.63. The molecule has 1 aromatic heterocycles. The average Bonchev–Trinajstić information content (AvgIpc) is 2.84. The zero-order valence-corrected chi connectivity index (χ0v) is 15.0. The normalized spacial score (nSPS) is 17.7. The van der Waals surface area contributed by atoms with E-state index >= 15 is 0 Å². The van der Waals surface area contributed by atoms with Gasteiger partial charge in [0, 0.05) is 29.2 Å². The zero-order valence-electron chi connectivity index (χ0n) is 14.2. The molecule has 0 spiro atoms. The third-order valence-corrected chi connectivity index (χ3v) is 6.02. The van der Waals surface area contributed by atoms with Gasteiger partial charge in [0.15, 0.2) is 0 Å². The van der Waals surface area contributed by atoms with Crippen LogP contribution >= 0.6 is 11.3 Å². The molecule has 1 unspecified atom stereocenters. The lowest BCUT2D eigenvalue weighted by atomic mass is 10.0. The van der Waals surface area contributed by atoms with Crippen LogP contribution in [0.15, 0.2) is 54.6 Å². The van der Waals surface area contributed by atoms with Gasteiger partial charge in [-0.15, -0.1) is 11.3 Å². The smallest absolute Gasteiger partial charge is 0.0696 e. The van der Waals surface area contributed by atoms with Crippen molar-refractivity contribution in [3.63, 3.8) is 0 Å². The van der Waals surface area contributed by atoms with Crippen LogP contribution in [0.1, 0.15) is 28.5 Å². The lowest BCUT2D eigenvalue weighted by molar-refractivity contribution is 0.244. The van der Waals surface area contributed by atoms with Gasteiger partial charge in [0.05, 0.1) is 6.04 Å². The molecule has 3 heteroatoms. The minimum absolute atomic E-state index is 0.364. The highest BCUT2D eigenvalue weighted by atomic mass is 32.1. The summed E-state index contributed by atoms with van der Waals surface area (Å²) < 4.78 is 1.39. The highest BCUT2D eigenvalue weighted by molar-refractivity contribution is 7.19. The average molecular weight is 337 g/mol. The van der Waals surface area contributed by atoms with Gasteiger partial charge in [0.25, 0.3) is 0 Å². The van der Waals surface area contributed by atoms with E-state index in [1.165, 1.54) is 32.5 Å². The van der Waals surface area contributed by atoms with Crippen molar-refractivity contribution in [2.75, 3.05) is 26.2 Å². The zero-order chi connectivity index (χ0) is 16.4. The first-order valence-electron chi connectivity index (χ1n) is 8.81. The Kier molecular flexibility index (Phi) is 4.65. The lowest BCUT2D eigenvalue weighted by Crippen LogP contribution is -2.32. The van der Waals surface area contributed by atoms with Gasteiger partial charge in [-0.2, -0.15) is 0 Å². The van der Waals surface area contributed by atoms with Gasteiger partial charge in [-0.3, -0.25) is 4.90 Å². The Morgan fingerprint density at radius 1 is 1.00 bits per heavy atom. The van der Waals surface area contributed by atoms with Crippen LogP contribution in [0.25, 0.3) is 10.1 Å². The fourth-order valence-electron chi connectivity index (χ4n) is 3.57. The van der Waals surface area contributed by atoms with Crippen molar-refractivity contribution in [2.45, 2.75) is 19.4 Å². The van der Waals surface area contributed by atoms with Crippen LogP contribution in [0, 0.1) is 6.92 Å². The highest BCUT2D eigenvalue weighted by Gasteiger charge is 2.24. The van der Waals surface area contributed by atoms with Gasteiger partial charge in [-0.05, 0) is 43.0 Å². The van der Waals surface area contributed by atoms with Gasteiger partial charge >= 0.3 is 0 Å². The Morgan fingerprint density at radius 2 is 1.83 bits per heavy atom. The monoisotopic (exact) mass is 336 g/mol. The molecule has 0 bridgehead atoms. The summed E-state index contributed by atoms with van der Waals surface area (Å²) in [6, 6.07) is 20.6. The van der Waals surface area contributed by atoms with E-state index in [2.05, 4.69) is 71.7 Å². The van der Waals surface area contributed by atoms with E-state index in [0.717, 1.165) is 26.2 Å². The molecular formula is C21H24N2S. The maximum absolute atomic E-state index is 3.53. The number of nitrogens with zero attached hydrogens (tertiary/aromatic N) is 1. The van der Waals surface area contributed by atoms with Crippen molar-refractivity contribution in [2.24, 2.45) is 0 Å². The molecule has 1 fully saturated rings. The molecule has 1 saturated heterocycles. The van der Waals surface area contributed by atoms with Gasteiger partial charge in [0.2, 0.25) is 0 Å². The minimum atomic E-state index is 0.364. The van der Waals surface area contributed by atoms with Crippen molar-refractivity contribution in [3.8, 4) is 0 Å². The van der Waals surface area contributed by atoms with Crippen LogP contribution in [-0.4, -0.2) is 31.1 Å². The van der Waals surface area contributed by atoms with E-state index in [-0.39, 0.29) is 0 Å². The summed E-state index contributed by atoms with van der Waals surface area (Å²) in [4.78, 5) is 4.11. The van der Waals surface area contributed by atoms with E-state index in [9.17, 15) is 0 Å². The van der Waals surface area contributed by atoms with Crippen LogP contribution in [0.5, 0.6) is 0 Å². The molecule has 1 N–H and O–H groups in total. The molecule has 24 heavy (non-hydrogen) atoms. The number of hydrogen-bond donors (Lipinski definition) is 1. The summed E-state index contributed by atoms with van der Waals surface area (Å²) in [7, 11) is 0. The Bertz CT molecular complexity index is 765. The van der Waals surface area contributed by atoms with Crippen molar-refractivity contribution < 1.29 is 0 Å². The predicted octanol–water partition coefficient (Wildman–Crippen LogP) is 4.59. The van der Waals surface area contributed by atoms with Crippen molar-refractivity contribution in [3.05, 3.63) is 70.6 Å². The molecule has 1 atom stereocenters. The van der Waals surface area contributed by atoms with Crippen LogP contribution in [0.4, 0.5) is 0 Å². The van der Waals surface area contributed by atoms with Crippen LogP contribution < -0.4 is 5.32 Å². The molecule has 1 aliphatic heterocycles. The third kappa shape index (κ3) is 3.25. The molecule has 0 saturated carbocycles. The summed E-state index contributed by atoms with van der Waals surface area (Å²) >= 11 is 1.94. The topological polar surface area (TPSA) is 15.3 Å². The van der Waals surface area contributed by atoms with Crippen molar-refractivity contribution in [1.82, 2.24) is 10.2 Å². The molecule has 3 aromatic rings. The number of hydrogen-bond acceptors (Lipinski definition) is 3. The quantitative estimate of drug-likeness (QED) is 0.752. The fraction of sp³-hybridized carbons (Fsp3) is 0.333. The summed E-state index contributed by atoms with van der Waals surface area (Å²) in [5.74, 6) is 0. The summed E-state index contributed by atoms with van der Waals surface area (Å²) in [6.45, 7) is 6.62. The summed E-state index contributed by atoms with van der Waals surface area (Å²) in [6.07, 6.45) is 1.22. The highest BCUT2D eigenvalue weighted by Crippen LogP contribution is 2.37. The molecule has 1 aliphatic rings. The minimum Gasteiger partial charge on any atom is -0.315 e. The summed E-state index contributed by atoms with van der Waals surface area (Å²) in [5.41, 5.74) is 2.74. The van der Waals surface area contributed by atoms with E-state index in [4.69, 9.17) is 0 Å². The molecular weight excluding hydrogens is 312 g/mol. The molecule has 0 radical (unpaired) electrons. The fourth-order valence-corrected chi connectivity index (χ4v) is 4.79. The van der Waals surface area contributed by atoms with E-state index < -0.39 is 0 Å². The van der Waals surface area contributed by atoms with E-state index in [1.807, 2.05) is 11.3 Å². The second-order valence-electron chi connectivity index (χ2n) is 6.64. The number of thiophene rings is 1. The molecule has 4 rings (SSSR count). The predicted molar refractivity (Wildman–Crippen MR) is 104 cm³/mol. The molecule has 0 amide bonds. The molecule has 2 aromatic carbocycles. The Balaban J connectivity index is 1.77. The first-order chi connectivity index (χ1) is 11.8. The summed E-state index contributed by atoms with van der Waals surface area (Å²) in [5, 5.41) is 4.90. The second kappa shape index (κ2) is 7.06. The van der Waals surface area contributed by atoms with Gasteiger partial charge < -0.3 is 5.32 Å².